The molecule has 0 radical (unpaired) electrons. The van der Waals surface area contributed by atoms with Gasteiger partial charge in [0.25, 0.3) is 0 Å². The molecule has 0 saturated heterocycles. The lowest BCUT2D eigenvalue weighted by Gasteiger charge is -2.45. The molecule has 0 spiro atoms. The Hall–Kier alpha value is -2.35. The van der Waals surface area contributed by atoms with Gasteiger partial charge in [-0.1, -0.05) is 122 Å². The van der Waals surface area contributed by atoms with E-state index in [-0.39, 0.29) is 47.9 Å². The number of allylic oxidation sites excluding steroid dienone is 2. The van der Waals surface area contributed by atoms with Gasteiger partial charge >= 0.3 is 11.9 Å². The van der Waals surface area contributed by atoms with Crippen LogP contribution in [-0.2, 0) is 14.3 Å². The van der Waals surface area contributed by atoms with E-state index < -0.39 is 12.1 Å². The highest BCUT2D eigenvalue weighted by atomic mass is 35.5. The largest absolute Gasteiger partial charge is 0.494 e. The van der Waals surface area contributed by atoms with E-state index in [9.17, 15) is 19.8 Å². The molecule has 0 aliphatic heterocycles. The smallest absolute Gasteiger partial charge is 0.338 e. The summed E-state index contributed by atoms with van der Waals surface area (Å²) in [7, 11) is 0. The van der Waals surface area contributed by atoms with Crippen molar-refractivity contribution in [3.8, 4) is 5.75 Å². The predicted molar refractivity (Wildman–Crippen MR) is 225 cm³/mol. The Bertz CT molecular complexity index is 1220. The third-order valence-corrected chi connectivity index (χ3v) is 12.6. The first-order valence-corrected chi connectivity index (χ1v) is 22.6. The topological polar surface area (TPSA) is 102 Å². The highest BCUT2D eigenvalue weighted by Crippen LogP contribution is 2.48. The van der Waals surface area contributed by atoms with Crippen molar-refractivity contribution in [1.82, 2.24) is 0 Å². The maximum Gasteiger partial charge on any atom is 0.338 e. The summed E-state index contributed by atoms with van der Waals surface area (Å²) in [4.78, 5) is 24.6. The monoisotopic (exact) mass is 787 g/mol. The third kappa shape index (κ3) is 18.2. The molecule has 2 saturated carbocycles. The van der Waals surface area contributed by atoms with Gasteiger partial charge in [-0.2, -0.15) is 0 Å². The molecule has 2 fully saturated rings. The molecule has 2 aliphatic carbocycles. The zero-order valence-corrected chi connectivity index (χ0v) is 35.2. The summed E-state index contributed by atoms with van der Waals surface area (Å²) in [5.74, 6) is 0.225. The fourth-order valence-electron chi connectivity index (χ4n) is 8.13. The Morgan fingerprint density at radius 1 is 0.818 bits per heavy atom. The van der Waals surface area contributed by atoms with Crippen LogP contribution in [-0.4, -0.2) is 59.6 Å². The Morgan fingerprint density at radius 2 is 1.45 bits per heavy atom. The van der Waals surface area contributed by atoms with Gasteiger partial charge < -0.3 is 24.4 Å². The fourth-order valence-corrected chi connectivity index (χ4v) is 8.58. The van der Waals surface area contributed by atoms with Crippen LogP contribution in [0.1, 0.15) is 178 Å². The number of aliphatic hydroxyl groups excluding tert-OH is 2. The molecular formula is C47H75ClO7. The number of esters is 2. The van der Waals surface area contributed by atoms with Crippen molar-refractivity contribution >= 4 is 23.5 Å². The summed E-state index contributed by atoms with van der Waals surface area (Å²) in [6.45, 7) is 5.50. The summed E-state index contributed by atoms with van der Waals surface area (Å²) in [5.41, 5.74) is 0.548. The molecule has 3 rings (SSSR count). The van der Waals surface area contributed by atoms with Crippen LogP contribution in [0.4, 0.5) is 0 Å². The number of unbranched alkanes of at least 4 members (excludes halogenated alkanes) is 13. The van der Waals surface area contributed by atoms with Crippen molar-refractivity contribution in [3.05, 3.63) is 54.1 Å². The van der Waals surface area contributed by atoms with Gasteiger partial charge in [0.05, 0.1) is 37.6 Å². The number of benzene rings is 1. The molecular weight excluding hydrogens is 712 g/mol. The van der Waals surface area contributed by atoms with E-state index in [0.717, 1.165) is 44.3 Å². The highest BCUT2D eigenvalue weighted by molar-refractivity contribution is 6.21. The molecule has 0 bridgehead atoms. The molecule has 5 atom stereocenters. The van der Waals surface area contributed by atoms with Crippen molar-refractivity contribution in [2.45, 2.75) is 186 Å². The zero-order chi connectivity index (χ0) is 39.6. The molecule has 7 nitrogen and oxygen atoms in total. The Morgan fingerprint density at radius 3 is 2.07 bits per heavy atom. The SMILES string of the molecule is CCCCCCCCCCCCCCCOc1ccc(C(=O)OCCCOC(=O)CCC/C=C\C[C@@H]2[C@@H](/C=C/C[C@H](O)C3(CC)CCC3)[C@H](O)C[C@H]2Cl)cc1. The number of hydrogen-bond acceptors (Lipinski definition) is 7. The molecule has 312 valence electrons. The molecule has 0 amide bonds. The van der Waals surface area contributed by atoms with Gasteiger partial charge in [-0.05, 0) is 93.4 Å². The number of carbonyl (C=O) groups is 2. The van der Waals surface area contributed by atoms with Crippen LogP contribution < -0.4 is 4.74 Å². The molecule has 55 heavy (non-hydrogen) atoms. The number of aliphatic hydroxyl groups is 2. The molecule has 1 aromatic carbocycles. The predicted octanol–water partition coefficient (Wildman–Crippen LogP) is 11.9. The maximum atomic E-state index is 12.4. The molecule has 8 heteroatoms. The summed E-state index contributed by atoms with van der Waals surface area (Å²) in [6.07, 6.45) is 33.3. The zero-order valence-electron chi connectivity index (χ0n) is 34.4. The van der Waals surface area contributed by atoms with Gasteiger partial charge in [0.2, 0.25) is 0 Å². The van der Waals surface area contributed by atoms with Gasteiger partial charge in [-0.3, -0.25) is 4.79 Å². The van der Waals surface area contributed by atoms with Crippen LogP contribution in [0.25, 0.3) is 0 Å². The molecule has 2 N–H and O–H groups in total. The Balaban J connectivity index is 1.16. The van der Waals surface area contributed by atoms with Crippen molar-refractivity contribution in [2.24, 2.45) is 17.3 Å². The first-order chi connectivity index (χ1) is 26.8. The highest BCUT2D eigenvalue weighted by Gasteiger charge is 2.42. The summed E-state index contributed by atoms with van der Waals surface area (Å²) < 4.78 is 16.6. The lowest BCUT2D eigenvalue weighted by molar-refractivity contribution is -0.144. The second-order valence-electron chi connectivity index (χ2n) is 16.2. The average Bonchev–Trinajstić information content (AvgIpc) is 3.43. The van der Waals surface area contributed by atoms with Crippen LogP contribution >= 0.6 is 11.6 Å². The van der Waals surface area contributed by atoms with Crippen LogP contribution in [0.3, 0.4) is 0 Å². The minimum absolute atomic E-state index is 0.0174. The number of rotatable bonds is 31. The third-order valence-electron chi connectivity index (χ3n) is 12.1. The number of alkyl halides is 1. The minimum Gasteiger partial charge on any atom is -0.494 e. The van der Waals surface area contributed by atoms with E-state index in [1.165, 1.54) is 83.5 Å². The van der Waals surface area contributed by atoms with Crippen molar-refractivity contribution in [1.29, 1.82) is 0 Å². The van der Waals surface area contributed by atoms with E-state index in [2.05, 4.69) is 32.1 Å². The van der Waals surface area contributed by atoms with Crippen molar-refractivity contribution < 1.29 is 34.0 Å². The Labute approximate surface area is 339 Å². The van der Waals surface area contributed by atoms with Crippen LogP contribution in [0.2, 0.25) is 0 Å². The molecule has 1 aromatic rings. The summed E-state index contributed by atoms with van der Waals surface area (Å²) in [6, 6.07) is 7.07. The lowest BCUT2D eigenvalue weighted by atomic mass is 9.63. The standard InChI is InChI=1S/C47H75ClO7/c1-3-5-6-7-8-9-10-11-12-13-14-17-20-34-53-39-30-28-38(29-31-39)46(52)55-36-23-35-54-45(51)27-19-16-15-18-24-40-41(43(49)37-42(40)48)25-21-26-44(50)47(4-2)32-22-33-47/h15,18,21,25,28-31,40-44,49-50H,3-14,16-17,19-20,22-24,26-27,32-37H2,1-2H3/b18-15-,25-21+/t40-,41-,42-,43-,44+/m1/s1. The number of ether oxygens (including phenoxy) is 3. The van der Waals surface area contributed by atoms with Gasteiger partial charge in [-0.25, -0.2) is 4.79 Å². The van der Waals surface area contributed by atoms with Crippen molar-refractivity contribution in [2.75, 3.05) is 19.8 Å². The first-order valence-electron chi connectivity index (χ1n) is 22.2. The van der Waals surface area contributed by atoms with E-state index in [1.54, 1.807) is 12.1 Å². The van der Waals surface area contributed by atoms with Gasteiger partial charge in [0.15, 0.2) is 0 Å². The number of hydrogen-bond donors (Lipinski definition) is 2. The van der Waals surface area contributed by atoms with Gasteiger partial charge in [-0.15, -0.1) is 11.6 Å². The van der Waals surface area contributed by atoms with Crippen LogP contribution in [0.15, 0.2) is 48.6 Å². The molecule has 2 aliphatic rings. The van der Waals surface area contributed by atoms with E-state index in [4.69, 9.17) is 25.8 Å². The normalized spacial score (nSPS) is 21.2. The molecule has 0 heterocycles. The summed E-state index contributed by atoms with van der Waals surface area (Å²) >= 11 is 6.62. The van der Waals surface area contributed by atoms with Crippen LogP contribution in [0.5, 0.6) is 5.75 Å². The lowest BCUT2D eigenvalue weighted by Crippen LogP contribution is -2.40. The fraction of sp³-hybridized carbons (Fsp3) is 0.745. The quantitative estimate of drug-likeness (QED) is 0.0334. The second kappa shape index (κ2) is 28.1. The van der Waals surface area contributed by atoms with E-state index >= 15 is 0 Å². The first kappa shape index (κ1) is 47.0. The molecule has 0 unspecified atom stereocenters. The maximum absolute atomic E-state index is 12.4. The number of halogens is 1. The summed E-state index contributed by atoms with van der Waals surface area (Å²) in [5, 5.41) is 21.3. The Kier molecular flexibility index (Phi) is 24.0. The van der Waals surface area contributed by atoms with Crippen LogP contribution in [0, 0.1) is 17.3 Å². The second-order valence-corrected chi connectivity index (χ2v) is 16.8. The van der Waals surface area contributed by atoms with E-state index in [0.29, 0.717) is 44.3 Å². The molecule has 0 aromatic heterocycles. The van der Waals surface area contributed by atoms with E-state index in [1.807, 2.05) is 18.2 Å². The number of carbonyl (C=O) groups excluding carboxylic acids is 2. The minimum atomic E-state index is -0.466. The average molecular weight is 788 g/mol. The van der Waals surface area contributed by atoms with Gasteiger partial charge in [0.1, 0.15) is 5.75 Å². The van der Waals surface area contributed by atoms with Gasteiger partial charge in [0, 0.05) is 24.1 Å². The van der Waals surface area contributed by atoms with Crippen molar-refractivity contribution in [3.63, 3.8) is 0 Å².